The van der Waals surface area contributed by atoms with Gasteiger partial charge in [-0.3, -0.25) is 4.90 Å². The van der Waals surface area contributed by atoms with Crippen molar-refractivity contribution in [2.45, 2.75) is 32.2 Å². The standard InChI is InChI=1S/C15H23N3/c1-12-5-4-6-14(16)15(12)18-10-7-13(11-18)17-8-2-3-9-17/h4-6,13H,2-3,7-11,16H2,1H3. The highest BCUT2D eigenvalue weighted by Gasteiger charge is 2.30. The normalized spacial score (nSPS) is 24.9. The summed E-state index contributed by atoms with van der Waals surface area (Å²) in [5.41, 5.74) is 9.64. The highest BCUT2D eigenvalue weighted by molar-refractivity contribution is 5.71. The fourth-order valence-electron chi connectivity index (χ4n) is 3.46. The van der Waals surface area contributed by atoms with Crippen LogP contribution in [0.15, 0.2) is 18.2 Å². The van der Waals surface area contributed by atoms with Crippen molar-refractivity contribution in [3.63, 3.8) is 0 Å². The van der Waals surface area contributed by atoms with Crippen LogP contribution in [0.3, 0.4) is 0 Å². The Morgan fingerprint density at radius 2 is 1.94 bits per heavy atom. The first-order chi connectivity index (χ1) is 8.75. The van der Waals surface area contributed by atoms with Crippen molar-refractivity contribution < 1.29 is 0 Å². The number of hydrogen-bond acceptors (Lipinski definition) is 3. The first-order valence-electron chi connectivity index (χ1n) is 7.10. The second-order valence-corrected chi connectivity index (χ2v) is 5.64. The summed E-state index contributed by atoms with van der Waals surface area (Å²) in [5.74, 6) is 0. The molecule has 0 amide bonds. The third-order valence-electron chi connectivity index (χ3n) is 4.41. The lowest BCUT2D eigenvalue weighted by molar-refractivity contribution is 0.260. The fraction of sp³-hybridized carbons (Fsp3) is 0.600. The zero-order valence-corrected chi connectivity index (χ0v) is 11.2. The highest BCUT2D eigenvalue weighted by atomic mass is 15.3. The molecule has 0 aromatic heterocycles. The molecule has 18 heavy (non-hydrogen) atoms. The maximum Gasteiger partial charge on any atom is 0.0630 e. The molecule has 0 aliphatic carbocycles. The van der Waals surface area contributed by atoms with Crippen LogP contribution in [-0.4, -0.2) is 37.1 Å². The van der Waals surface area contributed by atoms with Crippen LogP contribution >= 0.6 is 0 Å². The lowest BCUT2D eigenvalue weighted by atomic mass is 10.1. The van der Waals surface area contributed by atoms with Gasteiger partial charge in [0.15, 0.2) is 0 Å². The van der Waals surface area contributed by atoms with E-state index in [1.54, 1.807) is 0 Å². The van der Waals surface area contributed by atoms with Gasteiger partial charge in [-0.1, -0.05) is 12.1 Å². The molecule has 98 valence electrons. The van der Waals surface area contributed by atoms with Gasteiger partial charge in [-0.15, -0.1) is 0 Å². The lowest BCUT2D eigenvalue weighted by Gasteiger charge is -2.26. The Morgan fingerprint density at radius 1 is 1.17 bits per heavy atom. The number of aryl methyl sites for hydroxylation is 1. The number of nitrogens with zero attached hydrogens (tertiary/aromatic N) is 2. The second kappa shape index (κ2) is 4.81. The van der Waals surface area contributed by atoms with Crippen molar-refractivity contribution in [2.24, 2.45) is 0 Å². The molecule has 1 atom stereocenters. The molecule has 2 saturated heterocycles. The van der Waals surface area contributed by atoms with Gasteiger partial charge in [-0.2, -0.15) is 0 Å². The van der Waals surface area contributed by atoms with Crippen LogP contribution in [0.25, 0.3) is 0 Å². The molecule has 1 aromatic rings. The zero-order chi connectivity index (χ0) is 12.5. The molecule has 2 aliphatic rings. The number of benzene rings is 1. The van der Waals surface area contributed by atoms with Crippen molar-refractivity contribution in [1.82, 2.24) is 4.90 Å². The summed E-state index contributed by atoms with van der Waals surface area (Å²) in [6.45, 7) is 7.05. The van der Waals surface area contributed by atoms with Gasteiger partial charge in [0.25, 0.3) is 0 Å². The number of nitrogens with two attached hydrogens (primary N) is 1. The Balaban J connectivity index is 1.75. The van der Waals surface area contributed by atoms with Gasteiger partial charge < -0.3 is 10.6 Å². The summed E-state index contributed by atoms with van der Waals surface area (Å²) in [6, 6.07) is 6.97. The van der Waals surface area contributed by atoms with E-state index in [0.717, 1.165) is 24.8 Å². The van der Waals surface area contributed by atoms with Crippen molar-refractivity contribution >= 4 is 11.4 Å². The quantitative estimate of drug-likeness (QED) is 0.811. The van der Waals surface area contributed by atoms with Crippen LogP contribution in [0.5, 0.6) is 0 Å². The maximum absolute atomic E-state index is 6.14. The van der Waals surface area contributed by atoms with Gasteiger partial charge in [-0.25, -0.2) is 0 Å². The first-order valence-corrected chi connectivity index (χ1v) is 7.10. The van der Waals surface area contributed by atoms with Crippen LogP contribution < -0.4 is 10.6 Å². The Kier molecular flexibility index (Phi) is 3.16. The highest BCUT2D eigenvalue weighted by Crippen LogP contribution is 2.32. The van der Waals surface area contributed by atoms with Crippen LogP contribution in [0.4, 0.5) is 11.4 Å². The fourth-order valence-corrected chi connectivity index (χ4v) is 3.46. The third-order valence-corrected chi connectivity index (χ3v) is 4.41. The Bertz CT molecular complexity index is 403. The summed E-state index contributed by atoms with van der Waals surface area (Å²) >= 11 is 0. The van der Waals surface area contributed by atoms with Gasteiger partial charge in [0, 0.05) is 19.1 Å². The van der Waals surface area contributed by atoms with Crippen molar-refractivity contribution in [2.75, 3.05) is 36.8 Å². The molecular formula is C15H23N3. The maximum atomic E-state index is 6.14. The van der Waals surface area contributed by atoms with Crippen molar-refractivity contribution in [3.8, 4) is 0 Å². The summed E-state index contributed by atoms with van der Waals surface area (Å²) in [6.07, 6.45) is 4.04. The number of hydrogen-bond donors (Lipinski definition) is 1. The van der Waals surface area contributed by atoms with E-state index in [2.05, 4.69) is 22.8 Å². The summed E-state index contributed by atoms with van der Waals surface area (Å²) < 4.78 is 0. The van der Waals surface area contributed by atoms with Gasteiger partial charge >= 0.3 is 0 Å². The van der Waals surface area contributed by atoms with E-state index in [9.17, 15) is 0 Å². The molecule has 0 saturated carbocycles. The molecule has 2 fully saturated rings. The molecule has 2 N–H and O–H groups in total. The largest absolute Gasteiger partial charge is 0.397 e. The molecule has 2 aliphatic heterocycles. The summed E-state index contributed by atoms with van der Waals surface area (Å²) in [7, 11) is 0. The van der Waals surface area contributed by atoms with Crippen LogP contribution in [-0.2, 0) is 0 Å². The minimum absolute atomic E-state index is 0.742. The minimum Gasteiger partial charge on any atom is -0.397 e. The van der Waals surface area contributed by atoms with Gasteiger partial charge in [0.05, 0.1) is 11.4 Å². The van der Waals surface area contributed by atoms with E-state index in [0.29, 0.717) is 0 Å². The average molecular weight is 245 g/mol. The van der Waals surface area contributed by atoms with Crippen LogP contribution in [0.2, 0.25) is 0 Å². The van der Waals surface area contributed by atoms with E-state index >= 15 is 0 Å². The Hall–Kier alpha value is -1.22. The summed E-state index contributed by atoms with van der Waals surface area (Å²) in [5, 5.41) is 0. The van der Waals surface area contributed by atoms with E-state index in [4.69, 9.17) is 5.73 Å². The van der Waals surface area contributed by atoms with Gasteiger partial charge in [0.1, 0.15) is 0 Å². The molecule has 3 rings (SSSR count). The lowest BCUT2D eigenvalue weighted by Crippen LogP contribution is -2.35. The van der Waals surface area contributed by atoms with Gasteiger partial charge in [0.2, 0.25) is 0 Å². The summed E-state index contributed by atoms with van der Waals surface area (Å²) in [4.78, 5) is 5.14. The number of rotatable bonds is 2. The van der Waals surface area contributed by atoms with Crippen molar-refractivity contribution in [3.05, 3.63) is 23.8 Å². The predicted molar refractivity (Wildman–Crippen MR) is 77.0 cm³/mol. The molecule has 0 radical (unpaired) electrons. The average Bonchev–Trinajstić information content (AvgIpc) is 2.99. The number of anilines is 2. The van der Waals surface area contributed by atoms with E-state index in [-0.39, 0.29) is 0 Å². The molecule has 1 aromatic carbocycles. The van der Waals surface area contributed by atoms with E-state index < -0.39 is 0 Å². The topological polar surface area (TPSA) is 32.5 Å². The molecule has 0 bridgehead atoms. The third kappa shape index (κ3) is 2.07. The Morgan fingerprint density at radius 3 is 2.67 bits per heavy atom. The molecular weight excluding hydrogens is 222 g/mol. The molecule has 2 heterocycles. The number of nitrogen functional groups attached to an aromatic ring is 1. The molecule has 0 spiro atoms. The van der Waals surface area contributed by atoms with Gasteiger partial charge in [-0.05, 0) is 50.9 Å². The first kappa shape index (κ1) is 11.8. The molecule has 3 heteroatoms. The predicted octanol–water partition coefficient (Wildman–Crippen LogP) is 2.25. The SMILES string of the molecule is Cc1cccc(N)c1N1CCC(N2CCCC2)C1. The van der Waals surface area contributed by atoms with E-state index in [1.807, 2.05) is 12.1 Å². The Labute approximate surface area is 110 Å². The monoisotopic (exact) mass is 245 g/mol. The molecule has 1 unspecified atom stereocenters. The minimum atomic E-state index is 0.742. The molecule has 3 nitrogen and oxygen atoms in total. The van der Waals surface area contributed by atoms with Crippen LogP contribution in [0.1, 0.15) is 24.8 Å². The second-order valence-electron chi connectivity index (χ2n) is 5.64. The van der Waals surface area contributed by atoms with E-state index in [1.165, 1.54) is 43.6 Å². The zero-order valence-electron chi connectivity index (χ0n) is 11.2. The smallest absolute Gasteiger partial charge is 0.0630 e. The van der Waals surface area contributed by atoms with Crippen LogP contribution in [0, 0.1) is 6.92 Å². The number of likely N-dealkylation sites (tertiary alicyclic amines) is 1. The van der Waals surface area contributed by atoms with Crippen molar-refractivity contribution in [1.29, 1.82) is 0 Å². The number of para-hydroxylation sites is 1.